The highest BCUT2D eigenvalue weighted by molar-refractivity contribution is 6.30. The minimum Gasteiger partial charge on any atom is -0.389 e. The lowest BCUT2D eigenvalue weighted by molar-refractivity contribution is -0.133. The number of rotatable bonds is 6. The number of hydrogen-bond donors (Lipinski definition) is 2. The van der Waals surface area contributed by atoms with Gasteiger partial charge in [-0.3, -0.25) is 9.69 Å². The van der Waals surface area contributed by atoms with E-state index >= 15 is 0 Å². The van der Waals surface area contributed by atoms with Crippen molar-refractivity contribution in [3.63, 3.8) is 0 Å². The first-order valence-electron chi connectivity index (χ1n) is 9.64. The molecule has 1 unspecified atom stereocenters. The molecule has 2 N–H and O–H groups in total. The third kappa shape index (κ3) is 5.00. The maximum Gasteiger partial charge on any atom is 0.325 e. The number of carbonyl (C=O) groups is 2. The van der Waals surface area contributed by atoms with Crippen LogP contribution in [0.4, 0.5) is 4.79 Å². The van der Waals surface area contributed by atoms with Gasteiger partial charge in [-0.15, -0.1) is 0 Å². The molecule has 2 aliphatic rings. The normalized spacial score (nSPS) is 21.0. The zero-order valence-electron chi connectivity index (χ0n) is 15.5. The summed E-state index contributed by atoms with van der Waals surface area (Å²) < 4.78 is 5.51. The Labute approximate surface area is 164 Å². The second-order valence-corrected chi connectivity index (χ2v) is 7.93. The zero-order valence-corrected chi connectivity index (χ0v) is 16.2. The van der Waals surface area contributed by atoms with Crippen LogP contribution in [0.2, 0.25) is 5.02 Å². The quantitative estimate of drug-likeness (QED) is 0.726. The third-order valence-electron chi connectivity index (χ3n) is 5.34. The molecule has 0 radical (unpaired) electrons. The van der Waals surface area contributed by atoms with Gasteiger partial charge in [-0.05, 0) is 30.5 Å². The second kappa shape index (κ2) is 9.04. The molecule has 2 fully saturated rings. The first-order valence-corrected chi connectivity index (χ1v) is 10.0. The Bertz CT molecular complexity index is 656. The highest BCUT2D eigenvalue weighted by Crippen LogP contribution is 2.32. The molecule has 1 aliphatic heterocycles. The number of amides is 3. The van der Waals surface area contributed by atoms with Gasteiger partial charge in [-0.2, -0.15) is 0 Å². The van der Waals surface area contributed by atoms with Crippen LogP contribution < -0.4 is 5.32 Å². The van der Waals surface area contributed by atoms with Crippen LogP contribution in [0.1, 0.15) is 50.5 Å². The van der Waals surface area contributed by atoms with Crippen molar-refractivity contribution >= 4 is 23.5 Å². The van der Waals surface area contributed by atoms with E-state index in [-0.39, 0.29) is 19.1 Å². The average Bonchev–Trinajstić information content (AvgIpc) is 2.85. The highest BCUT2D eigenvalue weighted by atomic mass is 35.5. The molecule has 0 bridgehead atoms. The molecule has 1 spiro atoms. The van der Waals surface area contributed by atoms with E-state index in [9.17, 15) is 14.7 Å². The van der Waals surface area contributed by atoms with E-state index in [4.69, 9.17) is 16.3 Å². The van der Waals surface area contributed by atoms with Gasteiger partial charge in [0.05, 0.1) is 25.9 Å². The van der Waals surface area contributed by atoms with Crippen LogP contribution in [-0.2, 0) is 16.1 Å². The Morgan fingerprint density at radius 3 is 2.41 bits per heavy atom. The van der Waals surface area contributed by atoms with Gasteiger partial charge in [-0.1, -0.05) is 55.8 Å². The van der Waals surface area contributed by atoms with E-state index < -0.39 is 17.7 Å². The Morgan fingerprint density at radius 2 is 1.74 bits per heavy atom. The third-order valence-corrected chi connectivity index (χ3v) is 5.59. The van der Waals surface area contributed by atoms with Gasteiger partial charge >= 0.3 is 6.03 Å². The number of aliphatic hydroxyl groups is 1. The summed E-state index contributed by atoms with van der Waals surface area (Å²) >= 11 is 5.84. The first-order chi connectivity index (χ1) is 13.0. The fourth-order valence-electron chi connectivity index (χ4n) is 3.85. The van der Waals surface area contributed by atoms with Gasteiger partial charge in [-0.25, -0.2) is 4.79 Å². The molecule has 6 nitrogen and oxygen atoms in total. The predicted octanol–water partition coefficient (Wildman–Crippen LogP) is 3.25. The summed E-state index contributed by atoms with van der Waals surface area (Å²) in [7, 11) is 0. The molecule has 3 amide bonds. The number of imide groups is 1. The maximum atomic E-state index is 12.9. The molecule has 7 heteroatoms. The van der Waals surface area contributed by atoms with Crippen LogP contribution in [0.25, 0.3) is 0 Å². The summed E-state index contributed by atoms with van der Waals surface area (Å²) in [5.41, 5.74) is 0.163. The van der Waals surface area contributed by atoms with Crippen molar-refractivity contribution in [3.8, 4) is 0 Å². The van der Waals surface area contributed by atoms with E-state index in [1.165, 1.54) is 6.42 Å². The predicted molar refractivity (Wildman–Crippen MR) is 102 cm³/mol. The SMILES string of the molecule is O=C1NC2(CCCCCCC2)C(=O)N1CC(O)COCc1ccc(Cl)cc1. The number of benzene rings is 1. The molecule has 0 aromatic heterocycles. The molecule has 3 rings (SSSR count). The molecule has 1 aromatic rings. The van der Waals surface area contributed by atoms with Crippen molar-refractivity contribution in [3.05, 3.63) is 34.9 Å². The lowest BCUT2D eigenvalue weighted by Crippen LogP contribution is -2.48. The van der Waals surface area contributed by atoms with E-state index in [1.807, 2.05) is 12.1 Å². The van der Waals surface area contributed by atoms with Crippen molar-refractivity contribution in [1.29, 1.82) is 0 Å². The molecule has 1 atom stereocenters. The van der Waals surface area contributed by atoms with Crippen molar-refractivity contribution in [2.24, 2.45) is 0 Å². The monoisotopic (exact) mass is 394 g/mol. The smallest absolute Gasteiger partial charge is 0.325 e. The number of nitrogens with zero attached hydrogens (tertiary/aromatic N) is 1. The minimum atomic E-state index is -0.921. The standard InChI is InChI=1S/C20H27ClN2O4/c21-16-8-6-15(7-9-16)13-27-14-17(24)12-23-18(25)20(22-19(23)26)10-4-2-1-3-5-11-20/h6-9,17,24H,1-5,10-14H2,(H,22,26). The molecule has 148 valence electrons. The summed E-state index contributed by atoms with van der Waals surface area (Å²) in [5, 5.41) is 13.8. The Morgan fingerprint density at radius 1 is 1.11 bits per heavy atom. The second-order valence-electron chi connectivity index (χ2n) is 7.49. The average molecular weight is 395 g/mol. The van der Waals surface area contributed by atoms with Crippen molar-refractivity contribution in [2.45, 2.75) is 63.2 Å². The summed E-state index contributed by atoms with van der Waals surface area (Å²) in [5.74, 6) is -0.203. The highest BCUT2D eigenvalue weighted by Gasteiger charge is 2.50. The van der Waals surface area contributed by atoms with Crippen molar-refractivity contribution in [2.75, 3.05) is 13.2 Å². The van der Waals surface area contributed by atoms with Crippen LogP contribution in [0.15, 0.2) is 24.3 Å². The number of nitrogens with one attached hydrogen (secondary N) is 1. The van der Waals surface area contributed by atoms with E-state index in [0.717, 1.165) is 36.1 Å². The molecule has 1 saturated carbocycles. The van der Waals surface area contributed by atoms with Gasteiger partial charge in [0.25, 0.3) is 5.91 Å². The van der Waals surface area contributed by atoms with E-state index in [2.05, 4.69) is 5.32 Å². The number of halogens is 1. The molecular weight excluding hydrogens is 368 g/mol. The number of urea groups is 1. The Kier molecular flexibility index (Phi) is 6.73. The Hall–Kier alpha value is -1.63. The first kappa shape index (κ1) is 20.1. The molecule has 27 heavy (non-hydrogen) atoms. The molecular formula is C20H27ClN2O4. The number of aliphatic hydroxyl groups excluding tert-OH is 1. The fraction of sp³-hybridized carbons (Fsp3) is 0.600. The summed E-state index contributed by atoms with van der Waals surface area (Å²) in [4.78, 5) is 26.4. The van der Waals surface area contributed by atoms with Crippen LogP contribution in [0, 0.1) is 0 Å². The van der Waals surface area contributed by atoms with Gasteiger partial charge < -0.3 is 15.2 Å². The minimum absolute atomic E-state index is 0.0483. The van der Waals surface area contributed by atoms with Gasteiger partial charge in [0.15, 0.2) is 0 Å². The lowest BCUT2D eigenvalue weighted by atomic mass is 9.84. The molecule has 1 aromatic carbocycles. The van der Waals surface area contributed by atoms with E-state index in [1.54, 1.807) is 12.1 Å². The van der Waals surface area contributed by atoms with Gasteiger partial charge in [0.2, 0.25) is 0 Å². The summed E-state index contributed by atoms with van der Waals surface area (Å²) in [6.45, 7) is 0.331. The van der Waals surface area contributed by atoms with Gasteiger partial charge in [0.1, 0.15) is 5.54 Å². The molecule has 1 aliphatic carbocycles. The summed E-state index contributed by atoms with van der Waals surface area (Å²) in [6, 6.07) is 6.85. The largest absolute Gasteiger partial charge is 0.389 e. The van der Waals surface area contributed by atoms with Crippen LogP contribution in [-0.4, -0.2) is 46.7 Å². The van der Waals surface area contributed by atoms with Crippen LogP contribution >= 0.6 is 11.6 Å². The topological polar surface area (TPSA) is 78.9 Å². The maximum absolute atomic E-state index is 12.9. The summed E-state index contributed by atoms with van der Waals surface area (Å²) in [6.07, 6.45) is 5.67. The Balaban J connectivity index is 1.50. The lowest BCUT2D eigenvalue weighted by Gasteiger charge is -2.28. The number of carbonyl (C=O) groups excluding carboxylic acids is 2. The van der Waals surface area contributed by atoms with E-state index in [0.29, 0.717) is 24.5 Å². The number of hydrogen-bond acceptors (Lipinski definition) is 4. The van der Waals surface area contributed by atoms with Gasteiger partial charge in [0, 0.05) is 5.02 Å². The number of β-amino-alcohol motifs (C(OH)–C–C–N with tert-alkyl or cyclic N) is 1. The molecule has 1 saturated heterocycles. The fourth-order valence-corrected chi connectivity index (χ4v) is 3.97. The van der Waals surface area contributed by atoms with Crippen molar-refractivity contribution < 1.29 is 19.4 Å². The number of ether oxygens (including phenoxy) is 1. The zero-order chi connectivity index (χ0) is 19.3. The van der Waals surface area contributed by atoms with Crippen LogP contribution in [0.3, 0.4) is 0 Å². The van der Waals surface area contributed by atoms with Crippen molar-refractivity contribution in [1.82, 2.24) is 10.2 Å². The van der Waals surface area contributed by atoms with Crippen LogP contribution in [0.5, 0.6) is 0 Å². The molecule has 1 heterocycles.